The first-order valence-corrected chi connectivity index (χ1v) is 5.56. The molecule has 0 saturated carbocycles. The fraction of sp³-hybridized carbons (Fsp3) is 0.636. The molecule has 2 N–H and O–H groups in total. The summed E-state index contributed by atoms with van der Waals surface area (Å²) < 4.78 is 1.81. The number of carbonyl (C=O) groups is 1. The maximum absolute atomic E-state index is 11.5. The van der Waals surface area contributed by atoms with Crippen molar-refractivity contribution in [3.8, 4) is 0 Å². The van der Waals surface area contributed by atoms with E-state index >= 15 is 0 Å². The summed E-state index contributed by atoms with van der Waals surface area (Å²) in [4.78, 5) is 11.5. The lowest BCUT2D eigenvalue weighted by molar-refractivity contribution is -0.115. The molecule has 0 unspecified atom stereocenters. The predicted molar refractivity (Wildman–Crippen MR) is 64.4 cm³/mol. The molecule has 0 atom stereocenters. The quantitative estimate of drug-likeness (QED) is 0.795. The fourth-order valence-electron chi connectivity index (χ4n) is 1.19. The molecule has 0 saturated heterocycles. The number of hydrogen-bond donors (Lipinski definition) is 2. The van der Waals surface area contributed by atoms with Crippen LogP contribution in [0.5, 0.6) is 0 Å². The van der Waals surface area contributed by atoms with E-state index in [1.54, 1.807) is 6.20 Å². The van der Waals surface area contributed by atoms with Gasteiger partial charge < -0.3 is 10.6 Å². The smallest absolute Gasteiger partial charge is 0.238 e. The molecule has 0 aromatic carbocycles. The molecule has 1 aromatic rings. The second kappa shape index (κ2) is 5.65. The van der Waals surface area contributed by atoms with Crippen molar-refractivity contribution in [1.29, 1.82) is 0 Å². The molecule has 90 valence electrons. The Labute approximate surface area is 96.2 Å². The predicted octanol–water partition coefficient (Wildman–Crippen LogP) is 1.40. The second-order valence-corrected chi connectivity index (χ2v) is 4.39. The van der Waals surface area contributed by atoms with E-state index in [1.165, 1.54) is 0 Å². The minimum atomic E-state index is -0.0444. The normalized spacial score (nSPS) is 11.1. The SMILES string of the molecule is CC(C)NCC(=O)Nc1cnn(C(C)C)c1. The van der Waals surface area contributed by atoms with Gasteiger partial charge in [0.05, 0.1) is 18.4 Å². The molecular weight excluding hydrogens is 204 g/mol. The number of hydrogen-bond acceptors (Lipinski definition) is 3. The summed E-state index contributed by atoms with van der Waals surface area (Å²) in [6.45, 7) is 8.41. The van der Waals surface area contributed by atoms with E-state index in [2.05, 4.69) is 15.7 Å². The number of carbonyl (C=O) groups excluding carboxylic acids is 1. The standard InChI is InChI=1S/C11H20N4O/c1-8(2)12-6-11(16)14-10-5-13-15(7-10)9(3)4/h5,7-9,12H,6H2,1-4H3,(H,14,16). The minimum absolute atomic E-state index is 0.0444. The highest BCUT2D eigenvalue weighted by Gasteiger charge is 2.06. The van der Waals surface area contributed by atoms with E-state index < -0.39 is 0 Å². The van der Waals surface area contributed by atoms with Crippen LogP contribution in [0.1, 0.15) is 33.7 Å². The highest BCUT2D eigenvalue weighted by atomic mass is 16.1. The highest BCUT2D eigenvalue weighted by molar-refractivity contribution is 5.91. The Hall–Kier alpha value is -1.36. The third-order valence-corrected chi connectivity index (χ3v) is 2.09. The van der Waals surface area contributed by atoms with Gasteiger partial charge in [0, 0.05) is 18.3 Å². The van der Waals surface area contributed by atoms with Gasteiger partial charge in [0.1, 0.15) is 0 Å². The van der Waals surface area contributed by atoms with E-state index in [9.17, 15) is 4.79 Å². The van der Waals surface area contributed by atoms with Gasteiger partial charge >= 0.3 is 0 Å². The van der Waals surface area contributed by atoms with Gasteiger partial charge in [-0.1, -0.05) is 13.8 Å². The summed E-state index contributed by atoms with van der Waals surface area (Å²) in [6, 6.07) is 0.614. The minimum Gasteiger partial charge on any atom is -0.322 e. The molecule has 0 bridgehead atoms. The van der Waals surface area contributed by atoms with E-state index in [4.69, 9.17) is 0 Å². The molecule has 1 rings (SSSR count). The molecule has 0 radical (unpaired) electrons. The summed E-state index contributed by atoms with van der Waals surface area (Å²) in [5, 5.41) is 9.99. The summed E-state index contributed by atoms with van der Waals surface area (Å²) in [5.41, 5.74) is 0.740. The molecule has 0 spiro atoms. The third kappa shape index (κ3) is 4.02. The molecule has 0 aliphatic heterocycles. The molecular formula is C11H20N4O. The van der Waals surface area contributed by atoms with Gasteiger partial charge in [-0.2, -0.15) is 5.10 Å². The Bertz CT molecular complexity index is 344. The second-order valence-electron chi connectivity index (χ2n) is 4.39. The maximum Gasteiger partial charge on any atom is 0.238 e. The topological polar surface area (TPSA) is 59.0 Å². The van der Waals surface area contributed by atoms with Crippen LogP contribution >= 0.6 is 0 Å². The fourth-order valence-corrected chi connectivity index (χ4v) is 1.19. The lowest BCUT2D eigenvalue weighted by Crippen LogP contribution is -2.32. The molecule has 0 aliphatic rings. The molecule has 1 amide bonds. The van der Waals surface area contributed by atoms with E-state index in [1.807, 2.05) is 38.6 Å². The Balaban J connectivity index is 2.43. The first-order valence-electron chi connectivity index (χ1n) is 5.56. The number of aromatic nitrogens is 2. The molecule has 0 aliphatic carbocycles. The molecule has 5 heteroatoms. The first kappa shape index (κ1) is 12.7. The number of nitrogens with one attached hydrogen (secondary N) is 2. The van der Waals surface area contributed by atoms with Crippen LogP contribution in [0.15, 0.2) is 12.4 Å². The zero-order valence-corrected chi connectivity index (χ0v) is 10.3. The number of rotatable bonds is 5. The Morgan fingerprint density at radius 3 is 2.62 bits per heavy atom. The molecule has 1 heterocycles. The summed E-state index contributed by atoms with van der Waals surface area (Å²) >= 11 is 0. The van der Waals surface area contributed by atoms with Crippen LogP contribution in [0.2, 0.25) is 0 Å². The van der Waals surface area contributed by atoms with Crippen LogP contribution in [0, 0.1) is 0 Å². The van der Waals surface area contributed by atoms with Gasteiger partial charge in [-0.05, 0) is 13.8 Å². The van der Waals surface area contributed by atoms with Gasteiger partial charge in [0.2, 0.25) is 5.91 Å². The van der Waals surface area contributed by atoms with E-state index in [0.29, 0.717) is 18.6 Å². The summed E-state index contributed by atoms with van der Waals surface area (Å²) in [6.07, 6.45) is 3.49. The Morgan fingerprint density at radius 1 is 1.44 bits per heavy atom. The van der Waals surface area contributed by atoms with Gasteiger partial charge in [0.15, 0.2) is 0 Å². The number of nitrogens with zero attached hydrogens (tertiary/aromatic N) is 2. The van der Waals surface area contributed by atoms with Gasteiger partial charge in [-0.3, -0.25) is 9.48 Å². The first-order chi connectivity index (χ1) is 7.49. The van der Waals surface area contributed by atoms with Crippen molar-refractivity contribution < 1.29 is 4.79 Å². The highest BCUT2D eigenvalue weighted by Crippen LogP contribution is 2.09. The monoisotopic (exact) mass is 224 g/mol. The zero-order chi connectivity index (χ0) is 12.1. The Morgan fingerprint density at radius 2 is 2.12 bits per heavy atom. The van der Waals surface area contributed by atoms with Crippen LogP contribution in [-0.4, -0.2) is 28.3 Å². The van der Waals surface area contributed by atoms with Crippen LogP contribution in [0.3, 0.4) is 0 Å². The lowest BCUT2D eigenvalue weighted by atomic mass is 10.4. The van der Waals surface area contributed by atoms with Crippen LogP contribution < -0.4 is 10.6 Å². The van der Waals surface area contributed by atoms with Crippen LogP contribution in [0.25, 0.3) is 0 Å². The lowest BCUT2D eigenvalue weighted by Gasteiger charge is -2.07. The summed E-state index contributed by atoms with van der Waals surface area (Å²) in [5.74, 6) is -0.0444. The van der Waals surface area contributed by atoms with Crippen molar-refractivity contribution in [1.82, 2.24) is 15.1 Å². The van der Waals surface area contributed by atoms with Gasteiger partial charge in [-0.25, -0.2) is 0 Å². The van der Waals surface area contributed by atoms with Gasteiger partial charge in [-0.15, -0.1) is 0 Å². The van der Waals surface area contributed by atoms with Crippen molar-refractivity contribution in [2.75, 3.05) is 11.9 Å². The van der Waals surface area contributed by atoms with E-state index in [0.717, 1.165) is 5.69 Å². The van der Waals surface area contributed by atoms with Crippen LogP contribution in [0.4, 0.5) is 5.69 Å². The van der Waals surface area contributed by atoms with E-state index in [-0.39, 0.29) is 5.91 Å². The van der Waals surface area contributed by atoms with Crippen LogP contribution in [-0.2, 0) is 4.79 Å². The van der Waals surface area contributed by atoms with Gasteiger partial charge in [0.25, 0.3) is 0 Å². The van der Waals surface area contributed by atoms with Crippen molar-refractivity contribution >= 4 is 11.6 Å². The number of anilines is 1. The van der Waals surface area contributed by atoms with Crippen molar-refractivity contribution in [3.63, 3.8) is 0 Å². The average molecular weight is 224 g/mol. The largest absolute Gasteiger partial charge is 0.322 e. The molecule has 1 aromatic heterocycles. The molecule has 16 heavy (non-hydrogen) atoms. The zero-order valence-electron chi connectivity index (χ0n) is 10.3. The van der Waals surface area contributed by atoms with Crippen molar-refractivity contribution in [2.24, 2.45) is 0 Å². The summed E-state index contributed by atoms with van der Waals surface area (Å²) in [7, 11) is 0. The average Bonchev–Trinajstić information content (AvgIpc) is 2.63. The molecule has 0 fully saturated rings. The van der Waals surface area contributed by atoms with Crippen molar-refractivity contribution in [3.05, 3.63) is 12.4 Å². The molecule has 5 nitrogen and oxygen atoms in total. The maximum atomic E-state index is 11.5. The Kier molecular flexibility index (Phi) is 4.49. The van der Waals surface area contributed by atoms with Crippen molar-refractivity contribution in [2.45, 2.75) is 39.8 Å². The third-order valence-electron chi connectivity index (χ3n) is 2.09. The number of amides is 1.